The summed E-state index contributed by atoms with van der Waals surface area (Å²) >= 11 is 0. The van der Waals surface area contributed by atoms with Crippen LogP contribution in [0.4, 0.5) is 0 Å². The molecule has 68 valence electrons. The molecule has 1 heterocycles. The van der Waals surface area contributed by atoms with Gasteiger partial charge in [-0.15, -0.1) is 0 Å². The lowest BCUT2D eigenvalue weighted by atomic mass is 10.8. The lowest BCUT2D eigenvalue weighted by Gasteiger charge is -1.99. The molecule has 0 bridgehead atoms. The zero-order chi connectivity index (χ0) is 8.43. The number of methoxy groups -OCH3 is 1. The Morgan fingerprint density at radius 2 is 2.25 bits per heavy atom. The molecule has 1 aromatic heterocycles. The van der Waals surface area contributed by atoms with Gasteiger partial charge in [0.25, 0.3) is 6.20 Å². The summed E-state index contributed by atoms with van der Waals surface area (Å²) in [6, 6.07) is 0.306. The van der Waals surface area contributed by atoms with Crippen LogP contribution in [0.3, 0.4) is 0 Å². The molecular weight excluding hydrogens is 273 g/mol. The molecule has 1 rings (SSSR count). The molecule has 0 saturated heterocycles. The monoisotopic (exact) mass is 283 g/mol. The first-order valence-electron chi connectivity index (χ1n) is 3.13. The van der Waals surface area contributed by atoms with Crippen LogP contribution in [0, 0.1) is 0 Å². The highest BCUT2D eigenvalue weighted by Crippen LogP contribution is 1.92. The van der Waals surface area contributed by atoms with E-state index in [4.69, 9.17) is 4.74 Å². The Morgan fingerprint density at radius 3 is 2.75 bits per heavy atom. The fourth-order valence-corrected chi connectivity index (χ4v) is 0.749. The van der Waals surface area contributed by atoms with Crippen LogP contribution in [0.5, 0.6) is 6.01 Å². The van der Waals surface area contributed by atoms with Crippen LogP contribution in [0.15, 0.2) is 11.0 Å². The van der Waals surface area contributed by atoms with Crippen LogP contribution >= 0.6 is 0 Å². The highest BCUT2D eigenvalue weighted by Gasteiger charge is 2.07. The zero-order valence-corrected chi connectivity index (χ0v) is 9.27. The average molecular weight is 283 g/mol. The van der Waals surface area contributed by atoms with E-state index in [2.05, 4.69) is 5.10 Å². The topological polar surface area (TPSA) is 48.0 Å². The summed E-state index contributed by atoms with van der Waals surface area (Å²) in [5.74, 6) is 0. The molecule has 0 amide bonds. The van der Waals surface area contributed by atoms with Crippen LogP contribution in [-0.4, -0.2) is 16.8 Å². The van der Waals surface area contributed by atoms with Crippen LogP contribution in [-0.2, 0) is 14.1 Å². The van der Waals surface area contributed by atoms with Crippen molar-refractivity contribution >= 4 is 0 Å². The molecule has 0 spiro atoms. The minimum atomic E-state index is -0.139. The maximum atomic E-state index is 11.0. The highest BCUT2D eigenvalue weighted by atomic mass is 127. The van der Waals surface area contributed by atoms with Gasteiger partial charge in [0.15, 0.2) is 7.05 Å². The Hall–Kier alpha value is -0.660. The molecule has 6 heteroatoms. The number of halogens is 1. The Morgan fingerprint density at radius 1 is 1.67 bits per heavy atom. The van der Waals surface area contributed by atoms with Gasteiger partial charge in [0.2, 0.25) is 0 Å². The van der Waals surface area contributed by atoms with Gasteiger partial charge in [0, 0.05) is 7.05 Å². The molecule has 0 N–H and O–H groups in total. The molecule has 0 aliphatic carbocycles. The third-order valence-electron chi connectivity index (χ3n) is 1.34. The molecule has 12 heavy (non-hydrogen) atoms. The summed E-state index contributed by atoms with van der Waals surface area (Å²) in [6.45, 7) is 0. The van der Waals surface area contributed by atoms with Gasteiger partial charge in [0.05, 0.1) is 12.2 Å². The summed E-state index contributed by atoms with van der Waals surface area (Å²) in [6.07, 6.45) is 1.38. The van der Waals surface area contributed by atoms with Gasteiger partial charge in [-0.05, 0) is 0 Å². The Bertz CT molecular complexity index is 323. The fourth-order valence-electron chi connectivity index (χ4n) is 0.749. The summed E-state index contributed by atoms with van der Waals surface area (Å²) < 4.78 is 7.59. The molecule has 0 aromatic carbocycles. The third-order valence-corrected chi connectivity index (χ3v) is 1.34. The minimum absolute atomic E-state index is 0. The van der Waals surface area contributed by atoms with E-state index in [-0.39, 0.29) is 29.5 Å². The number of nitrogens with zero attached hydrogens (tertiary/aromatic N) is 3. The molecule has 0 unspecified atom stereocenters. The predicted octanol–water partition coefficient (Wildman–Crippen LogP) is -4.38. The number of aryl methyl sites for hydroxylation is 1. The van der Waals surface area contributed by atoms with E-state index in [1.165, 1.54) is 22.6 Å². The Labute approximate surface area is 87.0 Å². The van der Waals surface area contributed by atoms with Gasteiger partial charge in [-0.3, -0.25) is 9.36 Å². The minimum Gasteiger partial charge on any atom is -1.00 e. The van der Waals surface area contributed by atoms with Gasteiger partial charge in [-0.2, -0.15) is 0 Å². The van der Waals surface area contributed by atoms with E-state index in [9.17, 15) is 4.79 Å². The molecule has 0 atom stereocenters. The number of ether oxygens (including phenoxy) is 1. The summed E-state index contributed by atoms with van der Waals surface area (Å²) in [5, 5.41) is 3.91. The van der Waals surface area contributed by atoms with E-state index < -0.39 is 0 Å². The molecular formula is C6H10IN3O2. The number of aromatic nitrogens is 3. The lowest BCUT2D eigenvalue weighted by molar-refractivity contribution is -0.733. The van der Waals surface area contributed by atoms with Crippen molar-refractivity contribution in [3.8, 4) is 6.01 Å². The number of rotatable bonds is 1. The largest absolute Gasteiger partial charge is 1.00 e. The van der Waals surface area contributed by atoms with Gasteiger partial charge >= 0.3 is 11.6 Å². The van der Waals surface area contributed by atoms with Gasteiger partial charge in [-0.25, -0.2) is 0 Å². The third kappa shape index (κ3) is 2.16. The van der Waals surface area contributed by atoms with Gasteiger partial charge in [0.1, 0.15) is 0 Å². The predicted molar refractivity (Wildman–Crippen MR) is 37.2 cm³/mol. The van der Waals surface area contributed by atoms with E-state index >= 15 is 0 Å². The van der Waals surface area contributed by atoms with Gasteiger partial charge < -0.3 is 28.7 Å². The molecule has 5 nitrogen and oxygen atoms in total. The summed E-state index contributed by atoms with van der Waals surface area (Å²) in [7, 11) is 4.75. The second-order valence-electron chi connectivity index (χ2n) is 2.19. The molecule has 1 aromatic rings. The standard InChI is InChI=1S/C6H10N3O2.HI/c1-8-4-5(10)9(2)6(7-8)11-3;/h4H,1-3H3;1H/q+1;/p-1. The van der Waals surface area contributed by atoms with Crippen molar-refractivity contribution < 1.29 is 33.4 Å². The van der Waals surface area contributed by atoms with Crippen LogP contribution in [0.25, 0.3) is 0 Å². The smallest absolute Gasteiger partial charge is 0.361 e. The number of hydrogen-bond donors (Lipinski definition) is 0. The van der Waals surface area contributed by atoms with Gasteiger partial charge in [-0.1, -0.05) is 4.68 Å². The maximum absolute atomic E-state index is 11.0. The van der Waals surface area contributed by atoms with Crippen LogP contribution in [0.1, 0.15) is 0 Å². The fraction of sp³-hybridized carbons (Fsp3) is 0.500. The molecule has 0 aliphatic heterocycles. The first-order valence-corrected chi connectivity index (χ1v) is 3.13. The second-order valence-corrected chi connectivity index (χ2v) is 2.19. The average Bonchev–Trinajstić information content (AvgIpc) is 1.96. The maximum Gasteiger partial charge on any atom is 0.361 e. The van der Waals surface area contributed by atoms with Crippen molar-refractivity contribution in [2.24, 2.45) is 14.1 Å². The van der Waals surface area contributed by atoms with Crippen molar-refractivity contribution in [3.63, 3.8) is 0 Å². The van der Waals surface area contributed by atoms with Crippen molar-refractivity contribution in [2.75, 3.05) is 7.11 Å². The second kappa shape index (κ2) is 4.39. The van der Waals surface area contributed by atoms with E-state index in [0.29, 0.717) is 6.01 Å². The summed E-state index contributed by atoms with van der Waals surface area (Å²) in [4.78, 5) is 11.0. The van der Waals surface area contributed by atoms with E-state index in [1.54, 1.807) is 14.1 Å². The van der Waals surface area contributed by atoms with Crippen molar-refractivity contribution in [2.45, 2.75) is 0 Å². The Balaban J connectivity index is 0.00000121. The van der Waals surface area contributed by atoms with Crippen molar-refractivity contribution in [1.82, 2.24) is 9.67 Å². The van der Waals surface area contributed by atoms with E-state index in [1.807, 2.05) is 0 Å². The summed E-state index contributed by atoms with van der Waals surface area (Å²) in [5.41, 5.74) is -0.139. The molecule has 0 fully saturated rings. The lowest BCUT2D eigenvalue weighted by Crippen LogP contribution is -3.00. The van der Waals surface area contributed by atoms with Crippen molar-refractivity contribution in [1.29, 1.82) is 0 Å². The normalized spacial score (nSPS) is 8.92. The highest BCUT2D eigenvalue weighted by molar-refractivity contribution is 4.88. The van der Waals surface area contributed by atoms with Crippen LogP contribution < -0.4 is 39.0 Å². The molecule has 0 aliphatic rings. The zero-order valence-electron chi connectivity index (χ0n) is 7.11. The molecule has 0 saturated carbocycles. The first kappa shape index (κ1) is 11.3. The van der Waals surface area contributed by atoms with E-state index in [0.717, 1.165) is 0 Å². The van der Waals surface area contributed by atoms with Crippen LogP contribution in [0.2, 0.25) is 0 Å². The molecule has 0 radical (unpaired) electrons. The quantitative estimate of drug-likeness (QED) is 0.386. The van der Waals surface area contributed by atoms with Crippen molar-refractivity contribution in [3.05, 3.63) is 16.6 Å². The first-order chi connectivity index (χ1) is 5.15. The Kier molecular flexibility index (Phi) is 4.15. The number of hydrogen-bond acceptors (Lipinski definition) is 3. The SMILES string of the molecule is COc1n[n+](C)cc(=O)n1C.[I-].